The molecule has 0 unspecified atom stereocenters. The summed E-state index contributed by atoms with van der Waals surface area (Å²) >= 11 is 4.82. The first-order valence-corrected chi connectivity index (χ1v) is 9.69. The first-order valence-electron chi connectivity index (χ1n) is 7.74. The number of hydrogen-bond donors (Lipinski definition) is 0. The lowest BCUT2D eigenvalue weighted by Gasteiger charge is -2.21. The van der Waals surface area contributed by atoms with Crippen LogP contribution >= 0.6 is 27.7 Å². The van der Waals surface area contributed by atoms with Crippen molar-refractivity contribution >= 4 is 33.6 Å². The Kier molecular flexibility index (Phi) is 7.25. The molecule has 134 valence electrons. The molecule has 0 radical (unpaired) electrons. The summed E-state index contributed by atoms with van der Waals surface area (Å²) in [6, 6.07) is 4.72. The molecule has 2 rings (SSSR count). The predicted octanol–water partition coefficient (Wildman–Crippen LogP) is 4.64. The van der Waals surface area contributed by atoms with Crippen molar-refractivity contribution in [2.24, 2.45) is 0 Å². The van der Waals surface area contributed by atoms with Gasteiger partial charge in [0.15, 0.2) is 0 Å². The number of aromatic nitrogens is 1. The topological polar surface area (TPSA) is 46.3 Å². The molecule has 25 heavy (non-hydrogen) atoms. The monoisotopic (exact) mass is 426 g/mol. The molecule has 0 N–H and O–H groups in total. The van der Waals surface area contributed by atoms with E-state index in [4.69, 9.17) is 4.52 Å². The van der Waals surface area contributed by atoms with Crippen LogP contribution in [0.1, 0.15) is 22.6 Å². The molecule has 1 aromatic carbocycles. The number of thioether (sulfide) groups is 1. The van der Waals surface area contributed by atoms with Crippen LogP contribution < -0.4 is 0 Å². The maximum Gasteiger partial charge on any atom is 0.233 e. The van der Waals surface area contributed by atoms with E-state index in [1.54, 1.807) is 23.1 Å². The average molecular weight is 427 g/mol. The van der Waals surface area contributed by atoms with Crippen LogP contribution in [0, 0.1) is 19.7 Å². The number of hydrogen-bond acceptors (Lipinski definition) is 4. The average Bonchev–Trinajstić information content (AvgIpc) is 2.89. The van der Waals surface area contributed by atoms with Crippen molar-refractivity contribution in [2.75, 3.05) is 12.3 Å². The van der Waals surface area contributed by atoms with Crippen LogP contribution in [-0.2, 0) is 17.1 Å². The van der Waals surface area contributed by atoms with Crippen LogP contribution in [0.3, 0.4) is 0 Å². The fourth-order valence-corrected chi connectivity index (χ4v) is 3.80. The molecule has 0 aliphatic rings. The SMILES string of the molecule is C=CCN(Cc1cc(Br)ccc1F)C(=O)CSCc1c(C)noc1C. The highest BCUT2D eigenvalue weighted by Crippen LogP contribution is 2.21. The smallest absolute Gasteiger partial charge is 0.233 e. The Morgan fingerprint density at radius 2 is 2.24 bits per heavy atom. The van der Waals surface area contributed by atoms with Gasteiger partial charge in [-0.1, -0.05) is 27.2 Å². The fourth-order valence-electron chi connectivity index (χ4n) is 2.32. The first-order chi connectivity index (χ1) is 11.9. The molecule has 1 amide bonds. The van der Waals surface area contributed by atoms with Gasteiger partial charge in [-0.25, -0.2) is 4.39 Å². The van der Waals surface area contributed by atoms with Gasteiger partial charge in [-0.05, 0) is 32.0 Å². The van der Waals surface area contributed by atoms with Gasteiger partial charge in [-0.15, -0.1) is 18.3 Å². The highest BCUT2D eigenvalue weighted by Gasteiger charge is 2.16. The zero-order valence-electron chi connectivity index (χ0n) is 14.2. The molecular formula is C18H20BrFN2O2S. The molecule has 1 heterocycles. The second-order valence-corrected chi connectivity index (χ2v) is 7.50. The number of carbonyl (C=O) groups excluding carboxylic acids is 1. The molecule has 0 saturated heterocycles. The third-order valence-electron chi connectivity index (χ3n) is 3.72. The molecule has 2 aromatic rings. The lowest BCUT2D eigenvalue weighted by atomic mass is 10.2. The van der Waals surface area contributed by atoms with E-state index in [0.717, 1.165) is 21.5 Å². The quantitative estimate of drug-likeness (QED) is 0.576. The van der Waals surface area contributed by atoms with Gasteiger partial charge in [0.05, 0.1) is 11.4 Å². The normalized spacial score (nSPS) is 10.7. The van der Waals surface area contributed by atoms with E-state index in [0.29, 0.717) is 23.6 Å². The Morgan fingerprint density at radius 3 is 2.88 bits per heavy atom. The van der Waals surface area contributed by atoms with Crippen LogP contribution in [0.5, 0.6) is 0 Å². The van der Waals surface area contributed by atoms with E-state index in [-0.39, 0.29) is 18.3 Å². The highest BCUT2D eigenvalue weighted by atomic mass is 79.9. The van der Waals surface area contributed by atoms with Crippen molar-refractivity contribution in [3.8, 4) is 0 Å². The lowest BCUT2D eigenvalue weighted by molar-refractivity contribution is -0.128. The number of aryl methyl sites for hydroxylation is 2. The predicted molar refractivity (Wildman–Crippen MR) is 102 cm³/mol. The summed E-state index contributed by atoms with van der Waals surface area (Å²) in [5.74, 6) is 1.34. The molecule has 1 aromatic heterocycles. The number of halogens is 2. The summed E-state index contributed by atoms with van der Waals surface area (Å²) in [4.78, 5) is 14.1. The van der Waals surface area contributed by atoms with Gasteiger partial charge in [0, 0.05) is 34.4 Å². The zero-order valence-corrected chi connectivity index (χ0v) is 16.6. The maximum atomic E-state index is 14.0. The summed E-state index contributed by atoms with van der Waals surface area (Å²) in [6.45, 7) is 8.01. The Balaban J connectivity index is 1.98. The maximum absolute atomic E-state index is 14.0. The van der Waals surface area contributed by atoms with Crippen molar-refractivity contribution in [2.45, 2.75) is 26.1 Å². The second kappa shape index (κ2) is 9.20. The van der Waals surface area contributed by atoms with E-state index in [2.05, 4.69) is 27.7 Å². The van der Waals surface area contributed by atoms with Crippen LogP contribution in [0.25, 0.3) is 0 Å². The van der Waals surface area contributed by atoms with Gasteiger partial charge in [0.1, 0.15) is 11.6 Å². The van der Waals surface area contributed by atoms with E-state index in [1.807, 2.05) is 13.8 Å². The Labute approximate surface area is 159 Å². The van der Waals surface area contributed by atoms with Crippen molar-refractivity contribution in [1.82, 2.24) is 10.1 Å². The summed E-state index contributed by atoms with van der Waals surface area (Å²) in [7, 11) is 0. The van der Waals surface area contributed by atoms with E-state index in [1.165, 1.54) is 17.8 Å². The Bertz CT molecular complexity index is 744. The van der Waals surface area contributed by atoms with Crippen molar-refractivity contribution in [3.63, 3.8) is 0 Å². The number of carbonyl (C=O) groups is 1. The molecule has 0 atom stereocenters. The summed E-state index contributed by atoms with van der Waals surface area (Å²) in [6.07, 6.45) is 1.65. The zero-order chi connectivity index (χ0) is 18.4. The molecule has 4 nitrogen and oxygen atoms in total. The molecule has 0 fully saturated rings. The summed E-state index contributed by atoms with van der Waals surface area (Å²) < 4.78 is 19.9. The van der Waals surface area contributed by atoms with Gasteiger partial charge in [-0.2, -0.15) is 0 Å². The minimum atomic E-state index is -0.326. The minimum Gasteiger partial charge on any atom is -0.361 e. The third-order valence-corrected chi connectivity index (χ3v) is 5.16. The second-order valence-electron chi connectivity index (χ2n) is 5.59. The van der Waals surface area contributed by atoms with Crippen molar-refractivity contribution in [1.29, 1.82) is 0 Å². The Hall–Kier alpha value is -1.60. The molecule has 0 aliphatic carbocycles. The van der Waals surface area contributed by atoms with Crippen LogP contribution in [-0.4, -0.2) is 28.3 Å². The molecule has 7 heteroatoms. The van der Waals surface area contributed by atoms with Crippen molar-refractivity contribution in [3.05, 3.63) is 63.7 Å². The van der Waals surface area contributed by atoms with Gasteiger partial charge in [0.2, 0.25) is 5.91 Å². The molecule has 0 saturated carbocycles. The molecule has 0 spiro atoms. The van der Waals surface area contributed by atoms with Crippen LogP contribution in [0.4, 0.5) is 4.39 Å². The van der Waals surface area contributed by atoms with Gasteiger partial charge >= 0.3 is 0 Å². The fraction of sp³-hybridized carbons (Fsp3) is 0.333. The molecule has 0 aliphatic heterocycles. The number of rotatable bonds is 8. The van der Waals surface area contributed by atoms with E-state index < -0.39 is 0 Å². The largest absolute Gasteiger partial charge is 0.361 e. The Morgan fingerprint density at radius 1 is 1.48 bits per heavy atom. The summed E-state index contributed by atoms with van der Waals surface area (Å²) in [5.41, 5.74) is 2.34. The number of nitrogens with zero attached hydrogens (tertiary/aromatic N) is 2. The molecule has 0 bridgehead atoms. The lowest BCUT2D eigenvalue weighted by Crippen LogP contribution is -2.32. The van der Waals surface area contributed by atoms with Gasteiger partial charge in [0.25, 0.3) is 0 Å². The third kappa shape index (κ3) is 5.44. The summed E-state index contributed by atoms with van der Waals surface area (Å²) in [5, 5.41) is 3.91. The number of amides is 1. The first kappa shape index (κ1) is 19.7. The highest BCUT2D eigenvalue weighted by molar-refractivity contribution is 9.10. The van der Waals surface area contributed by atoms with Crippen LogP contribution in [0.2, 0.25) is 0 Å². The number of benzene rings is 1. The van der Waals surface area contributed by atoms with Gasteiger partial charge in [-0.3, -0.25) is 4.79 Å². The minimum absolute atomic E-state index is 0.0592. The van der Waals surface area contributed by atoms with E-state index in [9.17, 15) is 9.18 Å². The molecular weight excluding hydrogens is 407 g/mol. The van der Waals surface area contributed by atoms with Crippen LogP contribution in [0.15, 0.2) is 39.8 Å². The standard InChI is InChI=1S/C18H20BrFN2O2S/c1-4-7-22(9-14-8-15(19)5-6-17(14)20)18(23)11-25-10-16-12(2)21-24-13(16)3/h4-6,8H,1,7,9-11H2,2-3H3. The van der Waals surface area contributed by atoms with Gasteiger partial charge < -0.3 is 9.42 Å². The van der Waals surface area contributed by atoms with E-state index >= 15 is 0 Å². The van der Waals surface area contributed by atoms with Crippen molar-refractivity contribution < 1.29 is 13.7 Å².